The van der Waals surface area contributed by atoms with Gasteiger partial charge in [-0.05, 0) is 69.8 Å². The van der Waals surface area contributed by atoms with Gasteiger partial charge < -0.3 is 15.5 Å². The van der Waals surface area contributed by atoms with E-state index in [0.717, 1.165) is 37.4 Å². The second kappa shape index (κ2) is 11.1. The van der Waals surface area contributed by atoms with Crippen molar-refractivity contribution < 1.29 is 9.18 Å². The Morgan fingerprint density at radius 2 is 1.82 bits per heavy atom. The highest BCUT2D eigenvalue weighted by Crippen LogP contribution is 2.28. The van der Waals surface area contributed by atoms with Gasteiger partial charge in [0.1, 0.15) is 11.3 Å². The van der Waals surface area contributed by atoms with Crippen LogP contribution in [0.15, 0.2) is 42.6 Å². The van der Waals surface area contributed by atoms with Crippen LogP contribution in [-0.4, -0.2) is 68.6 Å². The number of aromatic nitrogens is 4. The number of hydrogen-bond donors (Lipinski definition) is 3. The van der Waals surface area contributed by atoms with Gasteiger partial charge in [-0.25, -0.2) is 19.4 Å². The van der Waals surface area contributed by atoms with Crippen molar-refractivity contribution in [3.63, 3.8) is 0 Å². The fraction of sp³-hybridized carbons (Fsp3) is 0.333. The molecule has 1 saturated heterocycles. The normalized spacial score (nSPS) is 14.6. The third-order valence-electron chi connectivity index (χ3n) is 6.62. The molecule has 12 heteroatoms. The summed E-state index contributed by atoms with van der Waals surface area (Å²) in [5, 5.41) is 8.45. The molecule has 0 unspecified atom stereocenters. The molecule has 39 heavy (non-hydrogen) atoms. The summed E-state index contributed by atoms with van der Waals surface area (Å²) >= 11 is 5.95. The van der Waals surface area contributed by atoms with E-state index in [2.05, 4.69) is 38.0 Å². The summed E-state index contributed by atoms with van der Waals surface area (Å²) in [7, 11) is 2.08. The van der Waals surface area contributed by atoms with Crippen LogP contribution in [0.3, 0.4) is 0 Å². The monoisotopic (exact) mass is 551 g/mol. The Morgan fingerprint density at radius 3 is 2.51 bits per heavy atom. The molecule has 1 fully saturated rings. The quantitative estimate of drug-likeness (QED) is 0.298. The number of imidazole rings is 1. The Labute approximate surface area is 231 Å². The van der Waals surface area contributed by atoms with Crippen molar-refractivity contribution >= 4 is 51.9 Å². The number of anilines is 4. The molecule has 0 atom stereocenters. The third kappa shape index (κ3) is 5.95. The summed E-state index contributed by atoms with van der Waals surface area (Å²) in [6, 6.07) is 9.93. The van der Waals surface area contributed by atoms with Crippen LogP contribution >= 0.6 is 11.6 Å². The Hall–Kier alpha value is -3.80. The van der Waals surface area contributed by atoms with E-state index in [1.54, 1.807) is 18.3 Å². The summed E-state index contributed by atoms with van der Waals surface area (Å²) in [6.07, 6.45) is 1.65. The van der Waals surface area contributed by atoms with E-state index in [0.29, 0.717) is 34.3 Å². The third-order valence-corrected chi connectivity index (χ3v) is 6.91. The molecule has 0 spiro atoms. The number of rotatable bonds is 7. The number of aryl methyl sites for hydroxylation is 1. The van der Waals surface area contributed by atoms with Gasteiger partial charge in [0, 0.05) is 49.2 Å². The molecule has 5 rings (SSSR count). The van der Waals surface area contributed by atoms with Crippen molar-refractivity contribution in [1.29, 1.82) is 0 Å². The van der Waals surface area contributed by atoms with Gasteiger partial charge in [0.05, 0.1) is 11.2 Å². The number of carbonyl (C=O) groups excluding carboxylic acids is 1. The first kappa shape index (κ1) is 26.8. The van der Waals surface area contributed by atoms with Crippen molar-refractivity contribution in [2.75, 3.05) is 43.9 Å². The molecular weight excluding hydrogens is 521 g/mol. The number of nitrogens with zero attached hydrogens (tertiary/aromatic N) is 6. The fourth-order valence-electron chi connectivity index (χ4n) is 4.42. The number of amides is 1. The molecule has 1 aliphatic rings. The van der Waals surface area contributed by atoms with Crippen molar-refractivity contribution in [2.45, 2.75) is 26.8 Å². The van der Waals surface area contributed by atoms with Crippen LogP contribution in [0.1, 0.15) is 35.8 Å². The Bertz CT molecular complexity index is 1510. The van der Waals surface area contributed by atoms with Gasteiger partial charge in [-0.15, -0.1) is 0 Å². The maximum atomic E-state index is 13.6. The molecule has 0 bridgehead atoms. The molecule has 0 saturated carbocycles. The average Bonchev–Trinajstić information content (AvgIpc) is 3.26. The standard InChI is InChI=1S/C27H31ClFN9O/c1-16(2)38-24-23(33-27(38)31-19-6-7-21(29)20(28)14-19)15-30-26(34-24)32-22-8-5-18(13-17(22)3)25(39)35-37-11-9-36(4)10-12-37/h5-8,13-16H,9-12H2,1-4H3,(H,31,33)(H,35,39)(H,30,32,34). The highest BCUT2D eigenvalue weighted by molar-refractivity contribution is 6.31. The smallest absolute Gasteiger partial charge is 0.265 e. The summed E-state index contributed by atoms with van der Waals surface area (Å²) < 4.78 is 15.5. The number of hydrogen-bond acceptors (Lipinski definition) is 8. The Morgan fingerprint density at radius 1 is 1.05 bits per heavy atom. The number of likely N-dealkylation sites (N-methyl/N-ethyl adjacent to an activating group) is 1. The van der Waals surface area contributed by atoms with Gasteiger partial charge in [0.25, 0.3) is 5.91 Å². The van der Waals surface area contributed by atoms with Gasteiger partial charge >= 0.3 is 0 Å². The Kier molecular flexibility index (Phi) is 7.65. The van der Waals surface area contributed by atoms with Crippen LogP contribution in [0.5, 0.6) is 0 Å². The number of hydrazine groups is 1. The SMILES string of the molecule is Cc1cc(C(=O)NN2CCN(C)CC2)ccc1Nc1ncc2nc(Nc3ccc(F)c(Cl)c3)n(C(C)C)c2n1. The van der Waals surface area contributed by atoms with E-state index >= 15 is 0 Å². The largest absolute Gasteiger partial charge is 0.325 e. The molecular formula is C27H31ClFN9O. The molecule has 3 N–H and O–H groups in total. The summed E-state index contributed by atoms with van der Waals surface area (Å²) in [5.74, 6) is 0.328. The molecule has 10 nitrogen and oxygen atoms in total. The second-order valence-corrected chi connectivity index (χ2v) is 10.3. The first-order chi connectivity index (χ1) is 18.7. The van der Waals surface area contributed by atoms with Crippen LogP contribution in [0.25, 0.3) is 11.2 Å². The number of carbonyl (C=O) groups is 1. The van der Waals surface area contributed by atoms with Gasteiger partial charge in [-0.2, -0.15) is 4.98 Å². The predicted molar refractivity (Wildman–Crippen MR) is 151 cm³/mol. The van der Waals surface area contributed by atoms with Crippen LogP contribution in [0.2, 0.25) is 5.02 Å². The van der Waals surface area contributed by atoms with E-state index in [9.17, 15) is 9.18 Å². The molecule has 2 aromatic heterocycles. The fourth-order valence-corrected chi connectivity index (χ4v) is 4.60. The molecule has 3 heterocycles. The molecule has 0 radical (unpaired) electrons. The molecule has 204 valence electrons. The molecule has 0 aliphatic carbocycles. The topological polar surface area (TPSA) is 103 Å². The molecule has 2 aromatic carbocycles. The van der Waals surface area contributed by atoms with Crippen LogP contribution in [0.4, 0.5) is 27.7 Å². The predicted octanol–water partition coefficient (Wildman–Crippen LogP) is 4.89. The highest BCUT2D eigenvalue weighted by atomic mass is 35.5. The Balaban J connectivity index is 1.35. The minimum Gasteiger partial charge on any atom is -0.325 e. The maximum absolute atomic E-state index is 13.6. The van der Waals surface area contributed by atoms with Gasteiger partial charge in [0.15, 0.2) is 5.65 Å². The lowest BCUT2D eigenvalue weighted by Crippen LogP contribution is -2.52. The average molecular weight is 552 g/mol. The van der Waals surface area contributed by atoms with Crippen molar-refractivity contribution in [1.82, 2.24) is 34.9 Å². The minimum atomic E-state index is -0.486. The zero-order valence-electron chi connectivity index (χ0n) is 22.3. The van der Waals surface area contributed by atoms with Crippen LogP contribution < -0.4 is 16.1 Å². The summed E-state index contributed by atoms with van der Waals surface area (Å²) in [5.41, 5.74) is 7.12. The van der Waals surface area contributed by atoms with E-state index in [-0.39, 0.29) is 17.0 Å². The van der Waals surface area contributed by atoms with Gasteiger partial charge in [-0.3, -0.25) is 14.8 Å². The number of fused-ring (bicyclic) bond motifs is 1. The lowest BCUT2D eigenvalue weighted by molar-refractivity contribution is 0.0662. The molecule has 1 amide bonds. The van der Waals surface area contributed by atoms with Crippen molar-refractivity contribution in [3.8, 4) is 0 Å². The van der Waals surface area contributed by atoms with Crippen LogP contribution in [0, 0.1) is 12.7 Å². The molecule has 4 aromatic rings. The zero-order valence-corrected chi connectivity index (χ0v) is 23.1. The summed E-state index contributed by atoms with van der Waals surface area (Å²) in [4.78, 5) is 28.8. The highest BCUT2D eigenvalue weighted by Gasteiger charge is 2.19. The maximum Gasteiger partial charge on any atom is 0.265 e. The molecule has 1 aliphatic heterocycles. The first-order valence-electron chi connectivity index (χ1n) is 12.8. The van der Waals surface area contributed by atoms with Crippen molar-refractivity contribution in [2.24, 2.45) is 0 Å². The van der Waals surface area contributed by atoms with E-state index in [4.69, 9.17) is 16.6 Å². The number of benzene rings is 2. The van der Waals surface area contributed by atoms with Gasteiger partial charge in [0.2, 0.25) is 11.9 Å². The van der Waals surface area contributed by atoms with Gasteiger partial charge in [-0.1, -0.05) is 11.6 Å². The summed E-state index contributed by atoms with van der Waals surface area (Å²) in [6.45, 7) is 9.40. The number of nitrogens with one attached hydrogen (secondary N) is 3. The number of halogens is 2. The number of piperazine rings is 1. The van der Waals surface area contributed by atoms with Crippen LogP contribution in [-0.2, 0) is 0 Å². The lowest BCUT2D eigenvalue weighted by Gasteiger charge is -2.32. The zero-order chi connectivity index (χ0) is 27.7. The van der Waals surface area contributed by atoms with E-state index in [1.165, 1.54) is 12.1 Å². The van der Waals surface area contributed by atoms with E-state index < -0.39 is 5.82 Å². The first-order valence-corrected chi connectivity index (χ1v) is 13.1. The second-order valence-electron chi connectivity index (χ2n) is 9.94. The van der Waals surface area contributed by atoms with Crippen molar-refractivity contribution in [3.05, 3.63) is 64.6 Å². The minimum absolute atomic E-state index is 0.0241. The lowest BCUT2D eigenvalue weighted by atomic mass is 10.1. The van der Waals surface area contributed by atoms with E-state index in [1.807, 2.05) is 42.5 Å².